The van der Waals surface area contributed by atoms with E-state index in [2.05, 4.69) is 0 Å². The molecule has 2 aromatic carbocycles. The molecule has 1 aliphatic heterocycles. The molecule has 2 amide bonds. The second-order valence-corrected chi connectivity index (χ2v) is 9.91. The molecular formula is C26H23F9N2O4. The van der Waals surface area contributed by atoms with E-state index < -0.39 is 78.0 Å². The summed E-state index contributed by atoms with van der Waals surface area (Å²) in [6.07, 6.45) is -17.0. The van der Waals surface area contributed by atoms with E-state index in [-0.39, 0.29) is 29.7 Å². The highest BCUT2D eigenvalue weighted by Gasteiger charge is 2.47. The predicted octanol–water partition coefficient (Wildman–Crippen LogP) is 7.76. The summed E-state index contributed by atoms with van der Waals surface area (Å²) in [4.78, 5) is 26.9. The Morgan fingerprint density at radius 3 is 1.93 bits per heavy atom. The van der Waals surface area contributed by atoms with Crippen LogP contribution in [0.15, 0.2) is 36.4 Å². The smallest absolute Gasteiger partial charge is 0.416 e. The fourth-order valence-electron chi connectivity index (χ4n) is 5.19. The van der Waals surface area contributed by atoms with Gasteiger partial charge in [0, 0.05) is 12.6 Å². The average molecular weight is 598 g/mol. The number of hydrogen-bond acceptors (Lipinski definition) is 3. The number of methoxy groups -OCH3 is 1. The van der Waals surface area contributed by atoms with Crippen LogP contribution in [0.25, 0.3) is 0 Å². The number of amides is 2. The lowest BCUT2D eigenvalue weighted by Crippen LogP contribution is -2.49. The predicted molar refractivity (Wildman–Crippen MR) is 125 cm³/mol. The van der Waals surface area contributed by atoms with Gasteiger partial charge in [-0.05, 0) is 79.1 Å². The largest absolute Gasteiger partial charge is 0.465 e. The van der Waals surface area contributed by atoms with Gasteiger partial charge in [0.15, 0.2) is 0 Å². The van der Waals surface area contributed by atoms with Crippen LogP contribution in [0.1, 0.15) is 53.1 Å². The van der Waals surface area contributed by atoms with E-state index in [4.69, 9.17) is 4.74 Å². The minimum absolute atomic E-state index is 0.0433. The standard InChI is InChI=1S/C26H23F9N2O4/c1-41-23(40)36(7-6-13-8-16(25(30,31)32)10-17(9-13)26(33,34)35)21-12-20(14-2-3-14)37(22(38)39)19-5-4-15(11-18(19)21)24(27,28)29/h4-5,8-11,14,20-21H,2-3,6-7,12H2,1H3,(H,38,39)/t20-,21-/m1/s1. The summed E-state index contributed by atoms with van der Waals surface area (Å²) in [7, 11) is 0.958. The van der Waals surface area contributed by atoms with E-state index in [1.807, 2.05) is 0 Å². The summed E-state index contributed by atoms with van der Waals surface area (Å²) in [5.41, 5.74) is -4.97. The molecule has 15 heteroatoms. The van der Waals surface area contributed by atoms with Crippen LogP contribution >= 0.6 is 0 Å². The highest BCUT2D eigenvalue weighted by Crippen LogP contribution is 2.49. The molecule has 224 valence electrons. The Balaban J connectivity index is 1.77. The molecule has 1 saturated carbocycles. The molecule has 2 aliphatic rings. The van der Waals surface area contributed by atoms with Crippen molar-refractivity contribution >= 4 is 17.9 Å². The molecule has 1 aliphatic carbocycles. The number of halogens is 9. The molecule has 41 heavy (non-hydrogen) atoms. The maximum Gasteiger partial charge on any atom is 0.416 e. The van der Waals surface area contributed by atoms with Crippen molar-refractivity contribution in [1.29, 1.82) is 0 Å². The van der Waals surface area contributed by atoms with Crippen LogP contribution in [-0.4, -0.2) is 41.9 Å². The third-order valence-corrected chi connectivity index (χ3v) is 7.22. The van der Waals surface area contributed by atoms with Crippen molar-refractivity contribution in [2.45, 2.75) is 56.3 Å². The van der Waals surface area contributed by atoms with Gasteiger partial charge in [0.1, 0.15) is 0 Å². The number of fused-ring (bicyclic) bond motifs is 1. The highest BCUT2D eigenvalue weighted by atomic mass is 19.4. The highest BCUT2D eigenvalue weighted by molar-refractivity contribution is 5.89. The summed E-state index contributed by atoms with van der Waals surface area (Å²) in [6, 6.07) is 1.38. The minimum Gasteiger partial charge on any atom is -0.465 e. The topological polar surface area (TPSA) is 70.1 Å². The van der Waals surface area contributed by atoms with E-state index in [9.17, 15) is 54.2 Å². The van der Waals surface area contributed by atoms with Crippen molar-refractivity contribution < 1.29 is 58.9 Å². The number of rotatable bonds is 5. The summed E-state index contributed by atoms with van der Waals surface area (Å²) < 4.78 is 126. The number of nitrogens with zero attached hydrogens (tertiary/aromatic N) is 2. The van der Waals surface area contributed by atoms with Crippen molar-refractivity contribution in [2.24, 2.45) is 5.92 Å². The fourth-order valence-corrected chi connectivity index (χ4v) is 5.19. The van der Waals surface area contributed by atoms with E-state index in [0.717, 1.165) is 23.0 Å². The molecule has 1 fully saturated rings. The zero-order valence-corrected chi connectivity index (χ0v) is 21.2. The van der Waals surface area contributed by atoms with Gasteiger partial charge >= 0.3 is 30.7 Å². The number of ether oxygens (including phenoxy) is 1. The van der Waals surface area contributed by atoms with E-state index >= 15 is 0 Å². The molecule has 2 aromatic rings. The van der Waals surface area contributed by atoms with E-state index in [1.54, 1.807) is 0 Å². The molecular weight excluding hydrogens is 575 g/mol. The lowest BCUT2D eigenvalue weighted by Gasteiger charge is -2.43. The Labute approximate surface area is 227 Å². The van der Waals surface area contributed by atoms with Gasteiger partial charge < -0.3 is 14.7 Å². The van der Waals surface area contributed by atoms with Crippen molar-refractivity contribution in [3.8, 4) is 0 Å². The Hall–Kier alpha value is -3.65. The Kier molecular flexibility index (Phi) is 7.86. The molecule has 0 unspecified atom stereocenters. The first-order valence-corrected chi connectivity index (χ1v) is 12.3. The fraction of sp³-hybridized carbons (Fsp3) is 0.462. The molecule has 1 heterocycles. The Morgan fingerprint density at radius 2 is 1.46 bits per heavy atom. The minimum atomic E-state index is -5.11. The van der Waals surface area contributed by atoms with Gasteiger partial charge in [-0.25, -0.2) is 9.59 Å². The second kappa shape index (κ2) is 10.6. The van der Waals surface area contributed by atoms with Crippen LogP contribution in [0.4, 0.5) is 54.8 Å². The molecule has 0 saturated heterocycles. The Morgan fingerprint density at radius 1 is 0.902 bits per heavy atom. The quantitative estimate of drug-likeness (QED) is 0.357. The number of carbonyl (C=O) groups excluding carboxylic acids is 1. The number of carbonyl (C=O) groups is 2. The second-order valence-electron chi connectivity index (χ2n) is 9.91. The third kappa shape index (κ3) is 6.48. The first-order chi connectivity index (χ1) is 18.9. The average Bonchev–Trinajstić information content (AvgIpc) is 3.71. The number of carboxylic acid groups (broad SMARTS) is 1. The van der Waals surface area contributed by atoms with Crippen molar-refractivity contribution in [1.82, 2.24) is 4.90 Å². The zero-order chi connectivity index (χ0) is 30.5. The maximum absolute atomic E-state index is 13.6. The van der Waals surface area contributed by atoms with Crippen LogP contribution in [0.3, 0.4) is 0 Å². The van der Waals surface area contributed by atoms with Gasteiger partial charge in [-0.15, -0.1) is 0 Å². The molecule has 2 atom stereocenters. The molecule has 0 aromatic heterocycles. The lowest BCUT2D eigenvalue weighted by atomic mass is 9.86. The molecule has 0 radical (unpaired) electrons. The van der Waals surface area contributed by atoms with Crippen molar-refractivity contribution in [2.75, 3.05) is 18.6 Å². The van der Waals surface area contributed by atoms with Crippen LogP contribution in [-0.2, 0) is 29.7 Å². The van der Waals surface area contributed by atoms with Crippen molar-refractivity contribution in [3.63, 3.8) is 0 Å². The van der Waals surface area contributed by atoms with Crippen LogP contribution in [0, 0.1) is 5.92 Å². The SMILES string of the molecule is COC(=O)N(CCc1cc(C(F)(F)F)cc(C(F)(F)F)c1)[C@@H]1C[C@H](C2CC2)N(C(=O)O)c2ccc(C(F)(F)F)cc21. The van der Waals surface area contributed by atoms with Crippen LogP contribution in [0.5, 0.6) is 0 Å². The number of benzene rings is 2. The molecule has 0 spiro atoms. The summed E-state index contributed by atoms with van der Waals surface area (Å²) >= 11 is 0. The monoisotopic (exact) mass is 598 g/mol. The van der Waals surface area contributed by atoms with Crippen molar-refractivity contribution in [3.05, 3.63) is 64.2 Å². The van der Waals surface area contributed by atoms with Gasteiger partial charge in [-0.1, -0.05) is 0 Å². The zero-order valence-electron chi connectivity index (χ0n) is 21.2. The van der Waals surface area contributed by atoms with Gasteiger partial charge in [-0.3, -0.25) is 4.90 Å². The summed E-state index contributed by atoms with van der Waals surface area (Å²) in [5, 5.41) is 9.89. The van der Waals surface area contributed by atoms with Gasteiger partial charge in [-0.2, -0.15) is 39.5 Å². The molecule has 0 bridgehead atoms. The Bertz CT molecular complexity index is 1290. The number of alkyl halides is 9. The summed E-state index contributed by atoms with van der Waals surface area (Å²) in [5.74, 6) is -0.152. The molecule has 4 rings (SSSR count). The first kappa shape index (κ1) is 30.3. The third-order valence-electron chi connectivity index (χ3n) is 7.22. The molecule has 1 N–H and O–H groups in total. The summed E-state index contributed by atoms with van der Waals surface area (Å²) in [6.45, 7) is -0.532. The van der Waals surface area contributed by atoms with Gasteiger partial charge in [0.05, 0.1) is 35.5 Å². The van der Waals surface area contributed by atoms with E-state index in [1.165, 1.54) is 0 Å². The maximum atomic E-state index is 13.6. The van der Waals surface area contributed by atoms with E-state index in [0.29, 0.717) is 37.1 Å². The molecule has 6 nitrogen and oxygen atoms in total. The number of anilines is 1. The first-order valence-electron chi connectivity index (χ1n) is 12.3. The van der Waals surface area contributed by atoms with Gasteiger partial charge in [0.2, 0.25) is 0 Å². The van der Waals surface area contributed by atoms with Crippen LogP contribution < -0.4 is 4.90 Å². The normalized spacial score (nSPS) is 19.5. The lowest BCUT2D eigenvalue weighted by molar-refractivity contribution is -0.143. The number of hydrogen-bond donors (Lipinski definition) is 1. The van der Waals surface area contributed by atoms with Gasteiger partial charge in [0.25, 0.3) is 0 Å². The van der Waals surface area contributed by atoms with Crippen LogP contribution in [0.2, 0.25) is 0 Å².